The van der Waals surface area contributed by atoms with Crippen LogP contribution < -0.4 is 5.32 Å². The van der Waals surface area contributed by atoms with Gasteiger partial charge in [0.2, 0.25) is 0 Å². The maximum atomic E-state index is 4.69. The van der Waals surface area contributed by atoms with Crippen LogP contribution >= 0.6 is 11.3 Å². The third-order valence-corrected chi connectivity index (χ3v) is 4.52. The molecular weight excluding hydrogens is 230 g/mol. The summed E-state index contributed by atoms with van der Waals surface area (Å²) < 4.78 is 2.12. The second-order valence-electron chi connectivity index (χ2n) is 4.74. The average molecular weight is 251 g/mol. The Kier molecular flexibility index (Phi) is 3.84. The van der Waals surface area contributed by atoms with Gasteiger partial charge in [0, 0.05) is 24.3 Å². The molecule has 1 N–H and O–H groups in total. The van der Waals surface area contributed by atoms with E-state index >= 15 is 0 Å². The number of hydrogen-bond donors (Lipinski definition) is 1. The van der Waals surface area contributed by atoms with Gasteiger partial charge < -0.3 is 5.32 Å². The lowest BCUT2D eigenvalue weighted by molar-refractivity contribution is 0.251. The fourth-order valence-electron chi connectivity index (χ4n) is 2.43. The van der Waals surface area contributed by atoms with E-state index in [1.54, 1.807) is 11.3 Å². The molecule has 2 aromatic heterocycles. The highest BCUT2D eigenvalue weighted by Crippen LogP contribution is 2.30. The van der Waals surface area contributed by atoms with Crippen LogP contribution in [0.15, 0.2) is 17.8 Å². The molecule has 0 atom stereocenters. The van der Waals surface area contributed by atoms with Gasteiger partial charge in [0.05, 0.1) is 5.69 Å². The number of imidazole rings is 1. The van der Waals surface area contributed by atoms with E-state index in [1.807, 2.05) is 7.05 Å². The third-order valence-electron chi connectivity index (χ3n) is 3.75. The molecule has 0 spiro atoms. The van der Waals surface area contributed by atoms with Crippen molar-refractivity contribution in [1.29, 1.82) is 0 Å². The fraction of sp³-hybridized carbons (Fsp3) is 0.615. The predicted molar refractivity (Wildman–Crippen MR) is 73.7 cm³/mol. The lowest BCUT2D eigenvalue weighted by Gasteiger charge is -2.30. The Hall–Kier alpha value is -0.870. The van der Waals surface area contributed by atoms with Crippen molar-refractivity contribution in [3.63, 3.8) is 0 Å². The number of thiazole rings is 1. The summed E-state index contributed by atoms with van der Waals surface area (Å²) in [5, 5.41) is 5.40. The van der Waals surface area contributed by atoms with Crippen LogP contribution in [0.2, 0.25) is 0 Å². The number of fused-ring (bicyclic) bond motifs is 1. The summed E-state index contributed by atoms with van der Waals surface area (Å²) in [7, 11) is 2.03. The maximum absolute atomic E-state index is 4.69. The first kappa shape index (κ1) is 12.6. The molecule has 0 aliphatic rings. The van der Waals surface area contributed by atoms with E-state index < -0.39 is 0 Å². The van der Waals surface area contributed by atoms with Gasteiger partial charge in [-0.2, -0.15) is 0 Å². The number of nitrogens with zero attached hydrogens (tertiary/aromatic N) is 2. The van der Waals surface area contributed by atoms with Crippen molar-refractivity contribution in [3.05, 3.63) is 23.5 Å². The first-order valence-corrected chi connectivity index (χ1v) is 7.16. The molecule has 94 valence electrons. The average Bonchev–Trinajstić information content (AvgIpc) is 2.88. The van der Waals surface area contributed by atoms with E-state index in [-0.39, 0.29) is 0 Å². The Morgan fingerprint density at radius 3 is 2.76 bits per heavy atom. The first-order valence-electron chi connectivity index (χ1n) is 6.28. The Bertz CT molecular complexity index is 439. The van der Waals surface area contributed by atoms with Gasteiger partial charge in [-0.15, -0.1) is 11.3 Å². The molecule has 17 heavy (non-hydrogen) atoms. The molecule has 0 saturated carbocycles. The Morgan fingerprint density at radius 2 is 2.18 bits per heavy atom. The quantitative estimate of drug-likeness (QED) is 0.855. The van der Waals surface area contributed by atoms with Crippen LogP contribution in [-0.4, -0.2) is 23.0 Å². The Labute approximate surface area is 107 Å². The van der Waals surface area contributed by atoms with Crippen LogP contribution in [0.4, 0.5) is 0 Å². The lowest BCUT2D eigenvalue weighted by atomic mass is 9.78. The van der Waals surface area contributed by atoms with E-state index in [0.717, 1.165) is 17.9 Å². The SMILES string of the molecule is CCC(CC)(CNC)Cc1cn2ccsc2n1. The fourth-order valence-corrected chi connectivity index (χ4v) is 3.15. The molecule has 2 aromatic rings. The molecule has 0 fully saturated rings. The first-order chi connectivity index (χ1) is 8.23. The molecule has 0 bridgehead atoms. The highest BCUT2D eigenvalue weighted by molar-refractivity contribution is 7.15. The minimum atomic E-state index is 0.346. The van der Waals surface area contributed by atoms with Crippen LogP contribution in [0.25, 0.3) is 4.96 Å². The molecule has 2 heterocycles. The maximum Gasteiger partial charge on any atom is 0.193 e. The van der Waals surface area contributed by atoms with Crippen molar-refractivity contribution in [1.82, 2.24) is 14.7 Å². The van der Waals surface area contributed by atoms with Crippen LogP contribution in [-0.2, 0) is 6.42 Å². The number of aromatic nitrogens is 2. The smallest absolute Gasteiger partial charge is 0.193 e. The third kappa shape index (κ3) is 2.53. The zero-order chi connectivity index (χ0) is 12.3. The molecule has 0 unspecified atom stereocenters. The van der Waals surface area contributed by atoms with Crippen molar-refractivity contribution in [2.24, 2.45) is 5.41 Å². The number of rotatable bonds is 6. The molecule has 0 amide bonds. The van der Waals surface area contributed by atoms with Crippen molar-refractivity contribution < 1.29 is 0 Å². The van der Waals surface area contributed by atoms with Crippen LogP contribution in [0, 0.1) is 5.41 Å². The zero-order valence-electron chi connectivity index (χ0n) is 10.9. The summed E-state index contributed by atoms with van der Waals surface area (Å²) in [6.07, 6.45) is 7.69. The van der Waals surface area contributed by atoms with Crippen molar-refractivity contribution in [3.8, 4) is 0 Å². The van der Waals surface area contributed by atoms with Crippen molar-refractivity contribution >= 4 is 16.3 Å². The van der Waals surface area contributed by atoms with Crippen molar-refractivity contribution in [2.45, 2.75) is 33.1 Å². The van der Waals surface area contributed by atoms with E-state index in [0.29, 0.717) is 5.41 Å². The largest absolute Gasteiger partial charge is 0.319 e. The van der Waals surface area contributed by atoms with E-state index in [4.69, 9.17) is 0 Å². The molecule has 0 radical (unpaired) electrons. The predicted octanol–water partition coefficient (Wildman–Crippen LogP) is 2.96. The lowest BCUT2D eigenvalue weighted by Crippen LogP contribution is -2.33. The van der Waals surface area contributed by atoms with Crippen LogP contribution in [0.3, 0.4) is 0 Å². The molecule has 4 heteroatoms. The number of nitrogens with one attached hydrogen (secondary N) is 1. The molecule has 3 nitrogen and oxygen atoms in total. The van der Waals surface area contributed by atoms with Crippen LogP contribution in [0.1, 0.15) is 32.4 Å². The Morgan fingerprint density at radius 1 is 1.41 bits per heavy atom. The minimum absolute atomic E-state index is 0.346. The summed E-state index contributed by atoms with van der Waals surface area (Å²) in [4.78, 5) is 5.79. The number of hydrogen-bond acceptors (Lipinski definition) is 3. The van der Waals surface area contributed by atoms with Gasteiger partial charge in [-0.3, -0.25) is 4.40 Å². The van der Waals surface area contributed by atoms with Gasteiger partial charge in [-0.1, -0.05) is 13.8 Å². The van der Waals surface area contributed by atoms with E-state index in [2.05, 4.69) is 46.3 Å². The summed E-state index contributed by atoms with van der Waals surface area (Å²) in [5.41, 5.74) is 1.56. The molecule has 0 aliphatic heterocycles. The van der Waals surface area contributed by atoms with E-state index in [9.17, 15) is 0 Å². The molecular formula is C13H21N3S. The second kappa shape index (κ2) is 5.19. The van der Waals surface area contributed by atoms with Gasteiger partial charge in [-0.05, 0) is 31.7 Å². The topological polar surface area (TPSA) is 29.3 Å². The van der Waals surface area contributed by atoms with Crippen LogP contribution in [0.5, 0.6) is 0 Å². The summed E-state index contributed by atoms with van der Waals surface area (Å²) >= 11 is 1.70. The van der Waals surface area contributed by atoms with Gasteiger partial charge >= 0.3 is 0 Å². The molecule has 2 rings (SSSR count). The second-order valence-corrected chi connectivity index (χ2v) is 5.61. The van der Waals surface area contributed by atoms with Gasteiger partial charge in [0.15, 0.2) is 4.96 Å². The van der Waals surface area contributed by atoms with Gasteiger partial charge in [-0.25, -0.2) is 4.98 Å². The van der Waals surface area contributed by atoms with E-state index in [1.165, 1.54) is 18.5 Å². The van der Waals surface area contributed by atoms with Gasteiger partial charge in [0.25, 0.3) is 0 Å². The summed E-state index contributed by atoms with van der Waals surface area (Å²) in [5.74, 6) is 0. The van der Waals surface area contributed by atoms with Gasteiger partial charge in [0.1, 0.15) is 0 Å². The monoisotopic (exact) mass is 251 g/mol. The molecule has 0 saturated heterocycles. The summed E-state index contributed by atoms with van der Waals surface area (Å²) in [6.45, 7) is 5.61. The molecule has 0 aliphatic carbocycles. The van der Waals surface area contributed by atoms with Crippen molar-refractivity contribution in [2.75, 3.05) is 13.6 Å². The molecule has 0 aromatic carbocycles. The zero-order valence-corrected chi connectivity index (χ0v) is 11.7. The Balaban J connectivity index is 2.19. The standard InChI is InChI=1S/C13H21N3S/c1-4-13(5-2,10-14-3)8-11-9-16-6-7-17-12(16)15-11/h6-7,9,14H,4-5,8,10H2,1-3H3. The highest BCUT2D eigenvalue weighted by Gasteiger charge is 2.26. The summed E-state index contributed by atoms with van der Waals surface area (Å²) in [6, 6.07) is 0. The minimum Gasteiger partial charge on any atom is -0.319 e. The highest BCUT2D eigenvalue weighted by atomic mass is 32.1. The normalized spacial score (nSPS) is 12.4.